The van der Waals surface area contributed by atoms with E-state index in [1.807, 2.05) is 20.8 Å². The van der Waals surface area contributed by atoms with E-state index in [1.165, 1.54) is 0 Å². The largest absolute Gasteiger partial charge is 0.412 e. The lowest BCUT2D eigenvalue weighted by Gasteiger charge is -2.37. The smallest absolute Gasteiger partial charge is 0.192 e. The number of hydrogen-bond acceptors (Lipinski definition) is 37. The van der Waals surface area contributed by atoms with Gasteiger partial charge in [-0.2, -0.15) is 0 Å². The molecular formula is C97H172N18O19P6Si. The lowest BCUT2D eigenvalue weighted by Crippen LogP contribution is -2.51. The number of ether oxygens (including phenoxy) is 6. The van der Waals surface area contributed by atoms with Gasteiger partial charge in [0.1, 0.15) is 142 Å². The monoisotopic (exact) mass is 2110 g/mol. The third-order valence-corrected chi connectivity index (χ3v) is 39.6. The molecule has 0 aliphatic carbocycles. The van der Waals surface area contributed by atoms with Crippen LogP contribution in [0.15, 0.2) is 177 Å². The molecule has 0 aromatic rings. The van der Waals surface area contributed by atoms with Crippen molar-refractivity contribution < 1.29 is 94.1 Å². The second kappa shape index (κ2) is 47.9. The van der Waals surface area contributed by atoms with Crippen LogP contribution in [0.5, 0.6) is 0 Å². The molecule has 0 unspecified atom stereocenters. The molecule has 37 nitrogen and oxygen atoms in total. The Morgan fingerprint density at radius 1 is 0.390 bits per heavy atom. The van der Waals surface area contributed by atoms with Gasteiger partial charge in [0, 0.05) is 53.9 Å². The Hall–Kier alpha value is -6.24. The van der Waals surface area contributed by atoms with Crippen molar-refractivity contribution in [3.05, 3.63) is 147 Å². The molecule has 0 aromatic carbocycles. The first-order valence-corrected chi connectivity index (χ1v) is 68.5. The standard InChI is InChI=1S/C21H40N3O4PSi.C16H28N3O3P.4C15H26N3O3P/c1-14-23-19(22)15(13-27-30(8,9)21(2,3)4)12-24(14)20-18(26)17(25)16(28-20)10-11-29(5,6)7;1-6-11-9-19(10(2)18-15(11)17)16-14(21)13(20)12(22-16)7-8-23(3,4)5;2*1-10-17-12(16)6-8-18(10)14-15(2,20)13(19)11(21-14)7-9-22(3,4)5;1-10-17-11(16)6-8-18(10)14-12(19)13(20)15(2,21-14)7-9-22(3,4)5;1-9-8-18(10(2)17-14(9)16)15-13(20)12(19)11(21-15)6-7-22(3,4)5/h12,16-18,20,25-26H,1,5,10-11,13H2,2-4,6-9H3,(H2,22,23);9,12-14,16,20-21H,2-3,6-8H2,1,4-5H3,(H2,17,18);2*6,8,11,13-14,19-20H,1,3,7,9H2,2,4-5H3,(H2,16,17);6,8,12-14,19-20H,1,3,7,9H2,2,4-5H3,(H2,16,17);8,11-13,15,19-20H,2-3,6-7H2,1,4-5H3,(H2,16,17)/t16-,17-,18-,20-;12-,13-,14-,16-;11-,13-,14-,15+;11-,13-,14-,15-;12-,13+,14-,15-;11-,12-,13-,15-/m111111/s1. The molecule has 24 N–H and O–H groups in total. The summed E-state index contributed by atoms with van der Waals surface area (Å²) in [4.78, 5) is 34.6. The van der Waals surface area contributed by atoms with Gasteiger partial charge in [-0.1, -0.05) is 67.2 Å². The molecule has 0 aromatic heterocycles. The number of hydrogen-bond donors (Lipinski definition) is 18. The Balaban J connectivity index is 0.000000231. The van der Waals surface area contributed by atoms with Crippen LogP contribution < -0.4 is 34.4 Å². The Kier molecular flexibility index (Phi) is 41.4. The minimum Gasteiger partial charge on any atom is -0.412 e. The second-order valence-corrected chi connectivity index (χ2v) is 75.2. The van der Waals surface area contributed by atoms with Gasteiger partial charge in [-0.05, 0) is 226 Å². The van der Waals surface area contributed by atoms with Crippen molar-refractivity contribution in [3.8, 4) is 0 Å². The maximum atomic E-state index is 10.7. The summed E-state index contributed by atoms with van der Waals surface area (Å²) in [5.41, 5.74) is 33.3. The summed E-state index contributed by atoms with van der Waals surface area (Å²) in [6.07, 6.45) is 33.7. The summed E-state index contributed by atoms with van der Waals surface area (Å²) in [5.74, 6) is 4.52. The van der Waals surface area contributed by atoms with E-state index < -0.39 is 195 Å². The summed E-state index contributed by atoms with van der Waals surface area (Å²) in [6.45, 7) is 61.4. The molecule has 0 spiro atoms. The number of nitrogens with zero attached hydrogens (tertiary/aromatic N) is 12. The summed E-state index contributed by atoms with van der Waals surface area (Å²) in [5, 5.41) is 125. The fraction of sp³-hybridized carbons (Fsp3) is 0.629. The molecule has 6 saturated heterocycles. The van der Waals surface area contributed by atoms with Crippen molar-refractivity contribution in [1.29, 1.82) is 0 Å². The molecule has 798 valence electrons. The van der Waals surface area contributed by atoms with Gasteiger partial charge >= 0.3 is 0 Å². The third kappa shape index (κ3) is 32.9. The number of amidine groups is 6. The van der Waals surface area contributed by atoms with Crippen LogP contribution in [0.25, 0.3) is 0 Å². The average molecular weight is 2110 g/mol. The van der Waals surface area contributed by atoms with Gasteiger partial charge in [0.25, 0.3) is 0 Å². The Labute approximate surface area is 839 Å². The molecule has 0 saturated carbocycles. The Morgan fingerprint density at radius 3 is 0.993 bits per heavy atom. The fourth-order valence-corrected chi connectivity index (χ4v) is 23.0. The molecule has 141 heavy (non-hydrogen) atoms. The molecule has 44 heteroatoms. The molecule has 12 rings (SSSR count). The highest BCUT2D eigenvalue weighted by Crippen LogP contribution is 2.49. The van der Waals surface area contributed by atoms with Crippen LogP contribution in [0.4, 0.5) is 0 Å². The average Bonchev–Trinajstić information content (AvgIpc) is 1.61. The van der Waals surface area contributed by atoms with Gasteiger partial charge in [-0.15, -0.1) is 79.1 Å². The van der Waals surface area contributed by atoms with Gasteiger partial charge in [-0.25, -0.2) is 30.0 Å². The van der Waals surface area contributed by atoms with Gasteiger partial charge in [0.15, 0.2) is 45.7 Å². The van der Waals surface area contributed by atoms with Gasteiger partial charge in [0.2, 0.25) is 0 Å². The molecular weight excluding hydrogens is 1940 g/mol. The van der Waals surface area contributed by atoms with E-state index in [9.17, 15) is 61.3 Å². The SMILES string of the molecule is C=C1N=C(N)C(C)=CN1[C@@H]1O[C@H](CCP(=C)(C)C)[C@@H](O)[C@H]1O.C=C1N=C(N)C(CC)=CN1[C@@H]1O[C@H](CCP(=C)(C)C)[C@@H](O)[C@H]1O.C=C1N=C(N)C(CO[Si](C)(C)C(C)(C)C)=CN1[C@@H]1O[C@H](CCP(=C)(C)C)[C@@H](O)[C@H]1O.C=C1N=C(N)C=CN1[C@@H]1O[C@H](CCP(=C)(C)C)[C@@H](O)[C@@]1(C)O.C=C1N=C(N)C=CN1[C@@H]1O[C@H](CCP(=C)(C)C)[C@@H](O)[C@]1(C)O.C=C1N=C(N)C=CN1[C@@H]1O[C@](C)(CCP(=C)(C)C)[C@@H](O)[C@H]1O. The van der Waals surface area contributed by atoms with E-state index in [1.54, 1.807) is 98.7 Å². The maximum Gasteiger partial charge on any atom is 0.192 e. The summed E-state index contributed by atoms with van der Waals surface area (Å²) >= 11 is 0. The highest BCUT2D eigenvalue weighted by molar-refractivity contribution is 7.73. The lowest BCUT2D eigenvalue weighted by molar-refractivity contribution is -0.109. The quantitative estimate of drug-likeness (QED) is 0.0321. The maximum absolute atomic E-state index is 10.7. The van der Waals surface area contributed by atoms with Crippen LogP contribution in [0.2, 0.25) is 18.1 Å². The molecule has 24 atom stereocenters. The molecule has 12 aliphatic heterocycles. The zero-order chi connectivity index (χ0) is 107. The predicted octanol–water partition coefficient (Wildman–Crippen LogP) is 5.87. The molecule has 12 heterocycles. The van der Waals surface area contributed by atoms with Crippen molar-refractivity contribution in [1.82, 2.24) is 29.4 Å². The van der Waals surface area contributed by atoms with Crippen molar-refractivity contribution in [2.45, 2.75) is 264 Å². The summed E-state index contributed by atoms with van der Waals surface area (Å²) < 4.78 is 42.0. The minimum absolute atomic E-state index is 0.0735. The number of aliphatic imine (C=N–C) groups is 6. The minimum atomic E-state index is -1.97. The van der Waals surface area contributed by atoms with E-state index in [0.29, 0.717) is 127 Å². The predicted molar refractivity (Wildman–Crippen MR) is 597 cm³/mol. The Bertz CT molecular complexity index is 5140. The van der Waals surface area contributed by atoms with Crippen molar-refractivity contribution in [3.63, 3.8) is 0 Å². The molecule has 0 radical (unpaired) electrons. The van der Waals surface area contributed by atoms with E-state index >= 15 is 0 Å². The van der Waals surface area contributed by atoms with Gasteiger partial charge in [0.05, 0.1) is 42.7 Å². The highest BCUT2D eigenvalue weighted by Gasteiger charge is 2.58. The lowest BCUT2D eigenvalue weighted by atomic mass is 9.94. The van der Waals surface area contributed by atoms with E-state index in [0.717, 1.165) is 48.1 Å². The first-order chi connectivity index (χ1) is 64.3. The summed E-state index contributed by atoms with van der Waals surface area (Å²) in [6, 6.07) is 0. The zero-order valence-electron chi connectivity index (χ0n) is 87.4. The second-order valence-electron chi connectivity index (χ2n) is 44.5. The Morgan fingerprint density at radius 2 is 0.681 bits per heavy atom. The van der Waals surface area contributed by atoms with Crippen LogP contribution in [0.3, 0.4) is 0 Å². The van der Waals surface area contributed by atoms with Crippen molar-refractivity contribution in [2.75, 3.05) is 124 Å². The van der Waals surface area contributed by atoms with E-state index in [2.05, 4.69) is 221 Å². The van der Waals surface area contributed by atoms with Crippen LogP contribution in [-0.4, -0.2) is 441 Å². The van der Waals surface area contributed by atoms with E-state index in [-0.39, 0.29) is 5.04 Å². The number of aliphatic hydroxyl groups excluding tert-OH is 10. The van der Waals surface area contributed by atoms with E-state index in [4.69, 9.17) is 67.2 Å². The van der Waals surface area contributed by atoms with Crippen LogP contribution in [-0.2, 0) is 32.8 Å². The van der Waals surface area contributed by atoms with Gasteiger partial charge in [-0.3, -0.25) is 0 Å². The number of nitrogens with two attached hydrogens (primary N) is 6. The topological polar surface area (TPSA) is 557 Å². The molecule has 0 bridgehead atoms. The first kappa shape index (κ1) is 122. The zero-order valence-corrected chi connectivity index (χ0v) is 93.8. The van der Waals surface area contributed by atoms with Crippen LogP contribution >= 0.6 is 41.3 Å². The van der Waals surface area contributed by atoms with Gasteiger partial charge < -0.3 is 158 Å². The molecule has 0 amide bonds. The highest BCUT2D eigenvalue weighted by atomic mass is 31.2. The van der Waals surface area contributed by atoms with Crippen molar-refractivity contribution >= 4 is 122 Å². The number of rotatable bonds is 28. The number of aliphatic hydroxyl groups is 12. The summed E-state index contributed by atoms with van der Waals surface area (Å²) in [7, 11) is -1.97. The third-order valence-electron chi connectivity index (χ3n) is 26.4. The normalized spacial score (nSPS) is 33.2. The molecule has 6 fully saturated rings. The fourth-order valence-electron chi connectivity index (χ4n) is 16.2. The van der Waals surface area contributed by atoms with Crippen LogP contribution in [0, 0.1) is 0 Å². The van der Waals surface area contributed by atoms with Crippen molar-refractivity contribution in [2.24, 2.45) is 64.4 Å². The van der Waals surface area contributed by atoms with Crippen LogP contribution in [0.1, 0.15) is 100 Å². The first-order valence-electron chi connectivity index (χ1n) is 47.3. The molecule has 12 aliphatic rings.